The third-order valence-electron chi connectivity index (χ3n) is 1.58. The van der Waals surface area contributed by atoms with E-state index in [2.05, 4.69) is 25.7 Å². The van der Waals surface area contributed by atoms with Crippen LogP contribution in [0.1, 0.15) is 12.0 Å². The molecule has 0 aliphatic heterocycles. The number of nitro groups is 1. The van der Waals surface area contributed by atoms with E-state index in [1.54, 1.807) is 0 Å². The summed E-state index contributed by atoms with van der Waals surface area (Å²) < 4.78 is 29.1. The summed E-state index contributed by atoms with van der Waals surface area (Å²) in [6.45, 7) is 0. The summed E-state index contributed by atoms with van der Waals surface area (Å²) in [7, 11) is 1.15. The van der Waals surface area contributed by atoms with Crippen molar-refractivity contribution in [2.75, 3.05) is 7.11 Å². The Kier molecular flexibility index (Phi) is 3.51. The van der Waals surface area contributed by atoms with Crippen molar-refractivity contribution in [2.45, 2.75) is 6.43 Å². The first-order valence-corrected chi connectivity index (χ1v) is 4.43. The molecule has 0 saturated heterocycles. The molecule has 1 aromatic rings. The minimum atomic E-state index is -2.78. The second-order valence-corrected chi connectivity index (χ2v) is 3.20. The van der Waals surface area contributed by atoms with E-state index in [4.69, 9.17) is 0 Å². The number of rotatable bonds is 3. The number of hydrogen-bond acceptors (Lipinski definition) is 4. The van der Waals surface area contributed by atoms with Gasteiger partial charge in [-0.15, -0.1) is 0 Å². The largest absolute Gasteiger partial charge is 0.489 e. The van der Waals surface area contributed by atoms with Crippen LogP contribution in [0.4, 0.5) is 14.6 Å². The van der Waals surface area contributed by atoms with E-state index < -0.39 is 22.7 Å². The van der Waals surface area contributed by atoms with Crippen LogP contribution in [0.5, 0.6) is 5.75 Å². The van der Waals surface area contributed by atoms with Crippen LogP contribution in [0, 0.1) is 10.1 Å². The Bertz CT molecular complexity index is 400. The molecule has 0 saturated carbocycles. The van der Waals surface area contributed by atoms with Gasteiger partial charge in [-0.05, 0) is 9.91 Å². The van der Waals surface area contributed by atoms with Gasteiger partial charge in [0.25, 0.3) is 6.43 Å². The third-order valence-corrected chi connectivity index (χ3v) is 2.21. The molecule has 0 unspecified atom stereocenters. The van der Waals surface area contributed by atoms with Crippen LogP contribution in [0.25, 0.3) is 0 Å². The molecule has 8 heteroatoms. The van der Waals surface area contributed by atoms with Gasteiger partial charge in [0.2, 0.25) is 10.4 Å². The highest BCUT2D eigenvalue weighted by atomic mass is 79.9. The first kappa shape index (κ1) is 11.8. The standard InChI is InChI=1S/C7H5BrF2N2O3/c1-15-4-2-3(6(9)10)5(8)11-7(4)12(13)14/h2,6H,1H3. The normalized spacial score (nSPS) is 10.5. The average Bonchev–Trinajstić information content (AvgIpc) is 2.16. The molecule has 0 aliphatic rings. The van der Waals surface area contributed by atoms with E-state index in [-0.39, 0.29) is 10.4 Å². The van der Waals surface area contributed by atoms with Crippen molar-refractivity contribution >= 4 is 21.7 Å². The van der Waals surface area contributed by atoms with Crippen LogP contribution in [0.3, 0.4) is 0 Å². The van der Waals surface area contributed by atoms with E-state index in [1.165, 1.54) is 0 Å². The Hall–Kier alpha value is -1.31. The first-order valence-electron chi connectivity index (χ1n) is 3.64. The highest BCUT2D eigenvalue weighted by Gasteiger charge is 2.25. The number of halogens is 3. The Balaban J connectivity index is 3.35. The van der Waals surface area contributed by atoms with E-state index in [9.17, 15) is 18.9 Å². The lowest BCUT2D eigenvalue weighted by Crippen LogP contribution is -2.00. The van der Waals surface area contributed by atoms with Gasteiger partial charge in [0.05, 0.1) is 12.7 Å². The highest BCUT2D eigenvalue weighted by molar-refractivity contribution is 9.10. The second-order valence-electron chi connectivity index (χ2n) is 2.45. The van der Waals surface area contributed by atoms with Crippen molar-refractivity contribution in [3.05, 3.63) is 26.3 Å². The minimum absolute atomic E-state index is 0.259. The zero-order valence-corrected chi connectivity index (χ0v) is 8.99. The van der Waals surface area contributed by atoms with E-state index in [1.807, 2.05) is 0 Å². The van der Waals surface area contributed by atoms with Gasteiger partial charge in [-0.3, -0.25) is 0 Å². The van der Waals surface area contributed by atoms with Crippen LogP contribution in [-0.2, 0) is 0 Å². The molecule has 1 rings (SSSR count). The van der Waals surface area contributed by atoms with Crippen molar-refractivity contribution in [3.63, 3.8) is 0 Å². The maximum atomic E-state index is 12.4. The fraction of sp³-hybridized carbons (Fsp3) is 0.286. The molecule has 0 fully saturated rings. The molecule has 0 spiro atoms. The maximum absolute atomic E-state index is 12.4. The molecule has 5 nitrogen and oxygen atoms in total. The average molecular weight is 283 g/mol. The molecule has 1 aromatic heterocycles. The molecule has 0 aliphatic carbocycles. The predicted molar refractivity (Wildman–Crippen MR) is 50.1 cm³/mol. The van der Waals surface area contributed by atoms with Crippen LogP contribution in [0.2, 0.25) is 0 Å². The smallest absolute Gasteiger partial charge is 0.407 e. The molecular formula is C7H5BrF2N2O3. The summed E-state index contributed by atoms with van der Waals surface area (Å²) in [4.78, 5) is 13.0. The Labute approximate surface area is 91.3 Å². The number of aromatic nitrogens is 1. The lowest BCUT2D eigenvalue weighted by atomic mass is 10.3. The van der Waals surface area contributed by atoms with Gasteiger partial charge in [-0.2, -0.15) is 0 Å². The van der Waals surface area contributed by atoms with Gasteiger partial charge >= 0.3 is 5.82 Å². The maximum Gasteiger partial charge on any atom is 0.407 e. The number of alkyl halides is 2. The van der Waals surface area contributed by atoms with E-state index >= 15 is 0 Å². The van der Waals surface area contributed by atoms with Gasteiger partial charge in [-0.25, -0.2) is 8.78 Å². The van der Waals surface area contributed by atoms with Crippen molar-refractivity contribution in [1.82, 2.24) is 4.98 Å². The number of nitrogens with zero attached hydrogens (tertiary/aromatic N) is 2. The monoisotopic (exact) mass is 282 g/mol. The van der Waals surface area contributed by atoms with Crippen LogP contribution in [-0.4, -0.2) is 17.0 Å². The van der Waals surface area contributed by atoms with E-state index in [0.29, 0.717) is 0 Å². The zero-order chi connectivity index (χ0) is 11.6. The fourth-order valence-corrected chi connectivity index (χ4v) is 1.37. The Morgan fingerprint density at radius 1 is 1.67 bits per heavy atom. The molecule has 0 aromatic carbocycles. The SMILES string of the molecule is COc1cc(C(F)F)c(Br)nc1[N+](=O)[O-]. The lowest BCUT2D eigenvalue weighted by Gasteiger charge is -2.04. The van der Waals surface area contributed by atoms with Crippen molar-refractivity contribution in [3.8, 4) is 5.75 Å². The number of ether oxygens (including phenoxy) is 1. The topological polar surface area (TPSA) is 65.3 Å². The molecule has 0 amide bonds. The van der Waals surface area contributed by atoms with E-state index in [0.717, 1.165) is 13.2 Å². The molecule has 15 heavy (non-hydrogen) atoms. The lowest BCUT2D eigenvalue weighted by molar-refractivity contribution is -0.390. The zero-order valence-electron chi connectivity index (χ0n) is 7.41. The molecule has 0 atom stereocenters. The van der Waals surface area contributed by atoms with Gasteiger partial charge in [0.15, 0.2) is 0 Å². The molecular weight excluding hydrogens is 278 g/mol. The molecule has 0 radical (unpaired) electrons. The highest BCUT2D eigenvalue weighted by Crippen LogP contribution is 2.34. The number of methoxy groups -OCH3 is 1. The van der Waals surface area contributed by atoms with Crippen LogP contribution >= 0.6 is 15.9 Å². The van der Waals surface area contributed by atoms with Gasteiger partial charge in [-0.1, -0.05) is 0 Å². The predicted octanol–water partition coefficient (Wildman–Crippen LogP) is 2.70. The molecule has 0 N–H and O–H groups in total. The summed E-state index contributed by atoms with van der Waals surface area (Å²) in [5.41, 5.74) is -0.447. The van der Waals surface area contributed by atoms with Gasteiger partial charge < -0.3 is 14.9 Å². The molecule has 1 heterocycles. The third kappa shape index (κ3) is 2.38. The van der Waals surface area contributed by atoms with Gasteiger partial charge in [0.1, 0.15) is 0 Å². The van der Waals surface area contributed by atoms with Crippen LogP contribution in [0.15, 0.2) is 10.7 Å². The van der Waals surface area contributed by atoms with Crippen molar-refractivity contribution in [1.29, 1.82) is 0 Å². The van der Waals surface area contributed by atoms with Crippen molar-refractivity contribution < 1.29 is 18.4 Å². The Morgan fingerprint density at radius 3 is 2.67 bits per heavy atom. The molecule has 0 bridgehead atoms. The van der Waals surface area contributed by atoms with Crippen molar-refractivity contribution in [2.24, 2.45) is 0 Å². The number of pyridine rings is 1. The summed E-state index contributed by atoms with van der Waals surface area (Å²) in [5.74, 6) is -0.896. The summed E-state index contributed by atoms with van der Waals surface area (Å²) >= 11 is 2.73. The minimum Gasteiger partial charge on any atom is -0.489 e. The van der Waals surface area contributed by atoms with Gasteiger partial charge in [0, 0.05) is 22.0 Å². The molecule has 82 valence electrons. The van der Waals surface area contributed by atoms with Crippen LogP contribution < -0.4 is 4.74 Å². The summed E-state index contributed by atoms with van der Waals surface area (Å²) in [6, 6.07) is 0.889. The number of hydrogen-bond donors (Lipinski definition) is 0. The summed E-state index contributed by atoms with van der Waals surface area (Å²) in [5, 5.41) is 10.5. The summed E-state index contributed by atoms with van der Waals surface area (Å²) in [6.07, 6.45) is -2.78. The quantitative estimate of drug-likeness (QED) is 0.486. The fourth-order valence-electron chi connectivity index (χ4n) is 0.912. The first-order chi connectivity index (χ1) is 6.97. The Morgan fingerprint density at radius 2 is 2.27 bits per heavy atom. The second kappa shape index (κ2) is 4.47.